The molecule has 1 amide bonds. The highest BCUT2D eigenvalue weighted by Gasteiger charge is 2.30. The molecule has 1 aliphatic heterocycles. The summed E-state index contributed by atoms with van der Waals surface area (Å²) < 4.78 is 1.82. The molecule has 0 bridgehead atoms. The van der Waals surface area contributed by atoms with E-state index in [4.69, 9.17) is 4.98 Å². The number of fused-ring (bicyclic) bond motifs is 2. The van der Waals surface area contributed by atoms with Crippen LogP contribution in [0.25, 0.3) is 33.7 Å². The van der Waals surface area contributed by atoms with Gasteiger partial charge in [-0.3, -0.25) is 4.79 Å². The van der Waals surface area contributed by atoms with Gasteiger partial charge >= 0.3 is 0 Å². The zero-order valence-electron chi connectivity index (χ0n) is 18.0. The summed E-state index contributed by atoms with van der Waals surface area (Å²) in [7, 11) is 0. The molecule has 5 heterocycles. The summed E-state index contributed by atoms with van der Waals surface area (Å²) in [5.41, 5.74) is 6.17. The predicted molar refractivity (Wildman–Crippen MR) is 128 cm³/mol. The molecule has 1 saturated heterocycles. The van der Waals surface area contributed by atoms with Crippen LogP contribution in [0.5, 0.6) is 0 Å². The predicted octanol–water partition coefficient (Wildman–Crippen LogP) is 3.17. The van der Waals surface area contributed by atoms with Crippen molar-refractivity contribution >= 4 is 44.4 Å². The highest BCUT2D eigenvalue weighted by Crippen LogP contribution is 2.34. The Kier molecular flexibility index (Phi) is 4.79. The fraction of sp³-hybridized carbons (Fsp3) is 0.261. The Morgan fingerprint density at radius 3 is 2.88 bits per heavy atom. The lowest BCUT2D eigenvalue weighted by Gasteiger charge is -2.40. The molecule has 6 rings (SSSR count). The lowest BCUT2D eigenvalue weighted by Crippen LogP contribution is -2.54. The normalized spacial score (nSPS) is 16.7. The summed E-state index contributed by atoms with van der Waals surface area (Å²) in [6.07, 6.45) is 3.41. The van der Waals surface area contributed by atoms with Crippen molar-refractivity contribution in [3.63, 3.8) is 0 Å². The Morgan fingerprint density at radius 2 is 2.00 bits per heavy atom. The number of pyridine rings is 1. The molecule has 1 fully saturated rings. The third-order valence-corrected chi connectivity index (χ3v) is 6.96. The maximum absolute atomic E-state index is 13.1. The molecule has 1 aliphatic rings. The van der Waals surface area contributed by atoms with Gasteiger partial charge in [-0.25, -0.2) is 19.9 Å². The summed E-state index contributed by atoms with van der Waals surface area (Å²) in [6, 6.07) is 11.8. The third kappa shape index (κ3) is 3.52. The van der Waals surface area contributed by atoms with Gasteiger partial charge in [-0.1, -0.05) is 12.1 Å². The fourth-order valence-corrected chi connectivity index (χ4v) is 5.29. The number of nitrogens with zero attached hydrogens (tertiary/aromatic N) is 7. The number of imidazole rings is 2. The van der Waals surface area contributed by atoms with Crippen LogP contribution in [0.1, 0.15) is 6.92 Å². The van der Waals surface area contributed by atoms with Crippen LogP contribution < -0.4 is 4.90 Å². The van der Waals surface area contributed by atoms with E-state index in [1.807, 2.05) is 51.4 Å². The lowest BCUT2D eigenvalue weighted by molar-refractivity contribution is -0.134. The fourth-order valence-electron chi connectivity index (χ4n) is 4.45. The van der Waals surface area contributed by atoms with Gasteiger partial charge < -0.3 is 19.4 Å². The Hall–Kier alpha value is -3.79. The Balaban J connectivity index is 1.19. The summed E-state index contributed by atoms with van der Waals surface area (Å²) in [6.45, 7) is 4.47. The van der Waals surface area contributed by atoms with Gasteiger partial charge in [0.2, 0.25) is 5.91 Å². The van der Waals surface area contributed by atoms with Gasteiger partial charge in [0.05, 0.1) is 22.9 Å². The highest BCUT2D eigenvalue weighted by atomic mass is 32.1. The van der Waals surface area contributed by atoms with Crippen molar-refractivity contribution in [2.75, 3.05) is 24.5 Å². The van der Waals surface area contributed by atoms with Gasteiger partial charge in [0.15, 0.2) is 11.5 Å². The minimum Gasteiger partial charge on any atom is -0.358 e. The Bertz CT molecular complexity index is 1420. The van der Waals surface area contributed by atoms with Crippen LogP contribution in [0.15, 0.2) is 54.4 Å². The standard InChI is InChI=1S/C23H22N8OS/c1-15-11-29(23-20(26-14-33-23)21-27-16-5-2-3-6-17(16)28-21)9-10-31(15)19(32)12-30-13-25-18-7-4-8-24-22(18)30/h2-8,13-15H,9-12H2,1H3,(H,27,28)/t15-/m1/s1. The summed E-state index contributed by atoms with van der Waals surface area (Å²) in [5.74, 6) is 0.854. The molecular formula is C23H22N8OS. The number of anilines is 1. The SMILES string of the molecule is C[C@@H]1CN(c2scnc2-c2nc3ccccc3[nH]2)CCN1C(=O)Cn1cnc2cccnc21. The number of hydrogen-bond acceptors (Lipinski definition) is 7. The molecule has 33 heavy (non-hydrogen) atoms. The minimum atomic E-state index is 0.0691. The number of rotatable bonds is 4. The zero-order chi connectivity index (χ0) is 22.4. The molecule has 0 spiro atoms. The molecule has 1 N–H and O–H groups in total. The summed E-state index contributed by atoms with van der Waals surface area (Å²) in [4.78, 5) is 38.8. The molecule has 0 saturated carbocycles. The minimum absolute atomic E-state index is 0.0691. The molecule has 0 radical (unpaired) electrons. The van der Waals surface area contributed by atoms with Gasteiger partial charge in [0, 0.05) is 31.9 Å². The molecule has 10 heteroatoms. The van der Waals surface area contributed by atoms with E-state index in [0.717, 1.165) is 51.8 Å². The Labute approximate surface area is 193 Å². The number of aromatic nitrogens is 6. The van der Waals surface area contributed by atoms with Crippen molar-refractivity contribution in [2.45, 2.75) is 19.5 Å². The monoisotopic (exact) mass is 458 g/mol. The molecule has 4 aromatic heterocycles. The van der Waals surface area contributed by atoms with Crippen LogP contribution in [0, 0.1) is 0 Å². The number of amides is 1. The van der Waals surface area contributed by atoms with E-state index in [9.17, 15) is 4.79 Å². The van der Waals surface area contributed by atoms with Gasteiger partial charge in [0.25, 0.3) is 0 Å². The molecule has 1 aromatic carbocycles. The van der Waals surface area contributed by atoms with Crippen LogP contribution in [0.4, 0.5) is 5.00 Å². The first kappa shape index (κ1) is 19.9. The molecule has 5 aromatic rings. The molecular weight excluding hydrogens is 436 g/mol. The molecule has 166 valence electrons. The van der Waals surface area contributed by atoms with E-state index in [-0.39, 0.29) is 18.5 Å². The number of benzene rings is 1. The number of aromatic amines is 1. The second kappa shape index (κ2) is 7.96. The number of carbonyl (C=O) groups excluding carboxylic acids is 1. The quantitative estimate of drug-likeness (QED) is 0.444. The number of nitrogens with one attached hydrogen (secondary N) is 1. The van der Waals surface area contributed by atoms with Crippen molar-refractivity contribution in [3.05, 3.63) is 54.4 Å². The van der Waals surface area contributed by atoms with Crippen LogP contribution in [0.2, 0.25) is 0 Å². The van der Waals surface area contributed by atoms with Gasteiger partial charge in [-0.15, -0.1) is 11.3 Å². The van der Waals surface area contributed by atoms with Crippen LogP contribution >= 0.6 is 11.3 Å². The first-order valence-corrected chi connectivity index (χ1v) is 11.7. The van der Waals surface area contributed by atoms with Crippen molar-refractivity contribution in [2.24, 2.45) is 0 Å². The topological polar surface area (TPSA) is 95.8 Å². The van der Waals surface area contributed by atoms with Crippen molar-refractivity contribution < 1.29 is 4.79 Å². The van der Waals surface area contributed by atoms with E-state index < -0.39 is 0 Å². The highest BCUT2D eigenvalue weighted by molar-refractivity contribution is 7.14. The second-order valence-electron chi connectivity index (χ2n) is 8.21. The number of piperazine rings is 1. The number of H-pyrrole nitrogens is 1. The van der Waals surface area contributed by atoms with E-state index in [1.54, 1.807) is 23.9 Å². The molecule has 0 aliphatic carbocycles. The van der Waals surface area contributed by atoms with E-state index >= 15 is 0 Å². The maximum atomic E-state index is 13.1. The number of hydrogen-bond donors (Lipinski definition) is 1. The largest absolute Gasteiger partial charge is 0.358 e. The van der Waals surface area contributed by atoms with E-state index in [0.29, 0.717) is 6.54 Å². The van der Waals surface area contributed by atoms with Crippen LogP contribution in [-0.4, -0.2) is 66.0 Å². The van der Waals surface area contributed by atoms with Crippen LogP contribution in [-0.2, 0) is 11.3 Å². The maximum Gasteiger partial charge on any atom is 0.242 e. The van der Waals surface area contributed by atoms with Crippen molar-refractivity contribution in [1.29, 1.82) is 0 Å². The van der Waals surface area contributed by atoms with Gasteiger partial charge in [0.1, 0.15) is 22.8 Å². The van der Waals surface area contributed by atoms with E-state index in [1.165, 1.54) is 0 Å². The number of carbonyl (C=O) groups is 1. The van der Waals surface area contributed by atoms with Crippen LogP contribution in [0.3, 0.4) is 0 Å². The van der Waals surface area contributed by atoms with Crippen molar-refractivity contribution in [3.8, 4) is 11.5 Å². The van der Waals surface area contributed by atoms with Gasteiger partial charge in [-0.05, 0) is 31.2 Å². The second-order valence-corrected chi connectivity index (χ2v) is 9.04. The summed E-state index contributed by atoms with van der Waals surface area (Å²) >= 11 is 1.61. The first-order chi connectivity index (χ1) is 16.2. The average Bonchev–Trinajstić information content (AvgIpc) is 3.57. The average molecular weight is 459 g/mol. The van der Waals surface area contributed by atoms with Gasteiger partial charge in [-0.2, -0.15) is 0 Å². The lowest BCUT2D eigenvalue weighted by atomic mass is 10.2. The number of para-hydroxylation sites is 2. The zero-order valence-corrected chi connectivity index (χ0v) is 18.9. The first-order valence-electron chi connectivity index (χ1n) is 10.9. The summed E-state index contributed by atoms with van der Waals surface area (Å²) in [5, 5.41) is 1.08. The molecule has 9 nitrogen and oxygen atoms in total. The van der Waals surface area contributed by atoms with E-state index in [2.05, 4.69) is 31.8 Å². The Morgan fingerprint density at radius 1 is 1.12 bits per heavy atom. The van der Waals surface area contributed by atoms with Crippen molar-refractivity contribution in [1.82, 2.24) is 34.4 Å². The smallest absolute Gasteiger partial charge is 0.242 e. The third-order valence-electron chi connectivity index (χ3n) is 6.08. The molecule has 0 unspecified atom stereocenters. The molecule has 1 atom stereocenters. The number of thiazole rings is 1.